The van der Waals surface area contributed by atoms with E-state index in [1.807, 2.05) is 13.8 Å². The lowest BCUT2D eigenvalue weighted by molar-refractivity contribution is -0.402. The molecule has 7 nitrogen and oxygen atoms in total. The molecule has 0 fully saturated rings. The van der Waals surface area contributed by atoms with E-state index in [1.165, 1.54) is 18.3 Å². The molecule has 0 aliphatic rings. The molecule has 1 aromatic carbocycles. The number of Topliss-reactive ketones (excluding diaryl/α,β-unsaturated/α-hetero) is 1. The molecule has 1 aromatic heterocycles. The van der Waals surface area contributed by atoms with Crippen LogP contribution in [-0.4, -0.2) is 30.6 Å². The number of rotatable bonds is 6. The van der Waals surface area contributed by atoms with Crippen LogP contribution in [0.15, 0.2) is 33.7 Å². The van der Waals surface area contributed by atoms with Crippen molar-refractivity contribution in [1.82, 2.24) is 0 Å². The van der Waals surface area contributed by atoms with Crippen molar-refractivity contribution < 1.29 is 18.9 Å². The topological polar surface area (TPSA) is 94.9 Å². The summed E-state index contributed by atoms with van der Waals surface area (Å²) in [5.74, 6) is 0.335. The predicted molar refractivity (Wildman–Crippen MR) is 84.6 cm³/mol. The second-order valence-electron chi connectivity index (χ2n) is 4.95. The molecular weight excluding hydrogens is 300 g/mol. The summed E-state index contributed by atoms with van der Waals surface area (Å²) in [6, 6.07) is 6.12. The number of furan rings is 1. The minimum absolute atomic E-state index is 0.0832. The van der Waals surface area contributed by atoms with Crippen LogP contribution in [0.1, 0.15) is 27.2 Å². The average molecular weight is 316 g/mol. The number of ketones is 1. The van der Waals surface area contributed by atoms with Gasteiger partial charge in [0.25, 0.3) is 0 Å². The number of nitrogens with zero attached hydrogens (tertiary/aromatic N) is 2. The SMILES string of the molecule is COc1cc(C(=O)CN=Cc2ccc([N+](=O)[O-])o2)cc(C)c1C. The minimum atomic E-state index is -0.635. The van der Waals surface area contributed by atoms with Gasteiger partial charge < -0.3 is 9.15 Å². The summed E-state index contributed by atoms with van der Waals surface area (Å²) in [6.07, 6.45) is 1.29. The van der Waals surface area contributed by atoms with E-state index in [2.05, 4.69) is 4.99 Å². The summed E-state index contributed by atoms with van der Waals surface area (Å²) in [4.78, 5) is 26.0. The Labute approximate surface area is 132 Å². The number of aryl methyl sites for hydroxylation is 1. The fourth-order valence-corrected chi connectivity index (χ4v) is 2.02. The van der Waals surface area contributed by atoms with Crippen LogP contribution in [0.25, 0.3) is 0 Å². The highest BCUT2D eigenvalue weighted by atomic mass is 16.6. The second-order valence-corrected chi connectivity index (χ2v) is 4.95. The normalized spacial score (nSPS) is 10.9. The number of ether oxygens (including phenoxy) is 1. The molecule has 2 rings (SSSR count). The molecule has 1 heterocycles. The molecule has 2 aromatic rings. The molecular formula is C16H16N2O5. The van der Waals surface area contributed by atoms with Crippen LogP contribution in [0.2, 0.25) is 0 Å². The maximum atomic E-state index is 12.2. The molecule has 0 aliphatic carbocycles. The molecule has 120 valence electrons. The molecule has 0 amide bonds. The molecule has 0 unspecified atom stereocenters. The van der Waals surface area contributed by atoms with Crippen molar-refractivity contribution in [2.45, 2.75) is 13.8 Å². The lowest BCUT2D eigenvalue weighted by Gasteiger charge is -2.09. The zero-order valence-electron chi connectivity index (χ0n) is 13.0. The molecule has 0 aliphatic heterocycles. The van der Waals surface area contributed by atoms with Crippen LogP contribution in [0, 0.1) is 24.0 Å². The Balaban J connectivity index is 2.08. The van der Waals surface area contributed by atoms with Crippen molar-refractivity contribution in [3.8, 4) is 5.75 Å². The largest absolute Gasteiger partial charge is 0.496 e. The van der Waals surface area contributed by atoms with Crippen molar-refractivity contribution >= 4 is 17.9 Å². The number of methoxy groups -OCH3 is 1. The number of benzene rings is 1. The number of hydrogen-bond acceptors (Lipinski definition) is 6. The Hall–Kier alpha value is -2.96. The van der Waals surface area contributed by atoms with Gasteiger partial charge in [-0.2, -0.15) is 0 Å². The average Bonchev–Trinajstić information content (AvgIpc) is 2.98. The zero-order chi connectivity index (χ0) is 17.0. The van der Waals surface area contributed by atoms with Crippen molar-refractivity contribution in [3.63, 3.8) is 0 Å². The highest BCUT2D eigenvalue weighted by molar-refractivity contribution is 5.99. The van der Waals surface area contributed by atoms with Crippen LogP contribution in [0.3, 0.4) is 0 Å². The summed E-state index contributed by atoms with van der Waals surface area (Å²) in [5, 5.41) is 10.5. The van der Waals surface area contributed by atoms with E-state index in [9.17, 15) is 14.9 Å². The standard InChI is InChI=1S/C16H16N2O5/c1-10-6-12(7-15(22-3)11(10)2)14(19)9-17-8-13-4-5-16(23-13)18(20)21/h4-8H,9H2,1-3H3. The third-order valence-corrected chi connectivity index (χ3v) is 3.41. The zero-order valence-corrected chi connectivity index (χ0v) is 13.0. The third kappa shape index (κ3) is 3.82. The van der Waals surface area contributed by atoms with E-state index in [0.717, 1.165) is 11.1 Å². The van der Waals surface area contributed by atoms with Gasteiger partial charge in [0.2, 0.25) is 0 Å². The van der Waals surface area contributed by atoms with Gasteiger partial charge in [0.1, 0.15) is 17.2 Å². The van der Waals surface area contributed by atoms with E-state index in [1.54, 1.807) is 19.2 Å². The highest BCUT2D eigenvalue weighted by Crippen LogP contribution is 2.23. The first-order valence-corrected chi connectivity index (χ1v) is 6.85. The van der Waals surface area contributed by atoms with Crippen molar-refractivity contribution in [2.24, 2.45) is 4.99 Å². The van der Waals surface area contributed by atoms with E-state index in [-0.39, 0.29) is 24.0 Å². The molecule has 0 bridgehead atoms. The van der Waals surface area contributed by atoms with Crippen LogP contribution in [0.4, 0.5) is 5.88 Å². The molecule has 0 N–H and O–H groups in total. The van der Waals surface area contributed by atoms with Gasteiger partial charge in [-0.1, -0.05) is 0 Å². The molecule has 0 spiro atoms. The molecule has 0 radical (unpaired) electrons. The Morgan fingerprint density at radius 2 is 2.13 bits per heavy atom. The van der Waals surface area contributed by atoms with Crippen molar-refractivity contribution in [3.05, 3.63) is 56.8 Å². The third-order valence-electron chi connectivity index (χ3n) is 3.41. The second kappa shape index (κ2) is 6.87. The van der Waals surface area contributed by atoms with Gasteiger partial charge in [-0.05, 0) is 43.2 Å². The first-order chi connectivity index (χ1) is 10.9. The van der Waals surface area contributed by atoms with E-state index >= 15 is 0 Å². The fourth-order valence-electron chi connectivity index (χ4n) is 2.02. The molecule has 7 heteroatoms. The van der Waals surface area contributed by atoms with Gasteiger partial charge in [-0.15, -0.1) is 0 Å². The van der Waals surface area contributed by atoms with Crippen LogP contribution < -0.4 is 4.74 Å². The van der Waals surface area contributed by atoms with E-state index in [0.29, 0.717) is 11.3 Å². The maximum Gasteiger partial charge on any atom is 0.433 e. The number of hydrogen-bond donors (Lipinski definition) is 0. The number of carbonyl (C=O) groups excluding carboxylic acids is 1. The van der Waals surface area contributed by atoms with E-state index in [4.69, 9.17) is 9.15 Å². The van der Waals surface area contributed by atoms with Gasteiger partial charge in [0, 0.05) is 5.56 Å². The molecule has 23 heavy (non-hydrogen) atoms. The fraction of sp³-hybridized carbons (Fsp3) is 0.250. The summed E-state index contributed by atoms with van der Waals surface area (Å²) >= 11 is 0. The minimum Gasteiger partial charge on any atom is -0.496 e. The highest BCUT2D eigenvalue weighted by Gasteiger charge is 2.12. The number of aliphatic imine (C=N–C) groups is 1. The molecule has 0 saturated heterocycles. The van der Waals surface area contributed by atoms with Crippen molar-refractivity contribution in [2.75, 3.05) is 13.7 Å². The lowest BCUT2D eigenvalue weighted by Crippen LogP contribution is -2.05. The Morgan fingerprint density at radius 1 is 1.39 bits per heavy atom. The number of nitro groups is 1. The molecule has 0 saturated carbocycles. The van der Waals surface area contributed by atoms with Crippen LogP contribution in [-0.2, 0) is 0 Å². The summed E-state index contributed by atoms with van der Waals surface area (Å²) in [5.41, 5.74) is 2.45. The summed E-state index contributed by atoms with van der Waals surface area (Å²) in [6.45, 7) is 3.74. The predicted octanol–water partition coefficient (Wildman–Crippen LogP) is 3.12. The van der Waals surface area contributed by atoms with Gasteiger partial charge >= 0.3 is 5.88 Å². The number of carbonyl (C=O) groups is 1. The van der Waals surface area contributed by atoms with Crippen LogP contribution >= 0.6 is 0 Å². The first-order valence-electron chi connectivity index (χ1n) is 6.85. The Bertz CT molecular complexity index is 777. The Kier molecular flexibility index (Phi) is 4.90. The van der Waals surface area contributed by atoms with Crippen LogP contribution in [0.5, 0.6) is 5.75 Å². The van der Waals surface area contributed by atoms with Gasteiger partial charge in [-0.3, -0.25) is 19.9 Å². The quantitative estimate of drug-likeness (QED) is 0.353. The maximum absolute atomic E-state index is 12.2. The molecule has 0 atom stereocenters. The smallest absolute Gasteiger partial charge is 0.433 e. The van der Waals surface area contributed by atoms with Gasteiger partial charge in [0.15, 0.2) is 11.5 Å². The summed E-state index contributed by atoms with van der Waals surface area (Å²) in [7, 11) is 1.55. The van der Waals surface area contributed by atoms with Gasteiger partial charge in [0.05, 0.1) is 19.4 Å². The van der Waals surface area contributed by atoms with E-state index < -0.39 is 4.92 Å². The van der Waals surface area contributed by atoms with Crippen molar-refractivity contribution in [1.29, 1.82) is 0 Å². The van der Waals surface area contributed by atoms with Gasteiger partial charge in [-0.25, -0.2) is 0 Å². The monoisotopic (exact) mass is 316 g/mol. The first kappa shape index (κ1) is 16.4. The summed E-state index contributed by atoms with van der Waals surface area (Å²) < 4.78 is 10.2. The Morgan fingerprint density at radius 3 is 2.74 bits per heavy atom. The lowest BCUT2D eigenvalue weighted by atomic mass is 10.0.